The van der Waals surface area contributed by atoms with Crippen LogP contribution in [-0.2, 0) is 27.2 Å². The van der Waals surface area contributed by atoms with Crippen molar-refractivity contribution in [2.24, 2.45) is 14.1 Å². The van der Waals surface area contributed by atoms with Gasteiger partial charge < -0.3 is 24.8 Å². The Kier molecular flexibility index (Phi) is 12.8. The van der Waals surface area contributed by atoms with Gasteiger partial charge in [-0.25, -0.2) is 18.3 Å². The fraction of sp³-hybridized carbons (Fsp3) is 0.667. The van der Waals surface area contributed by atoms with Crippen molar-refractivity contribution in [2.45, 2.75) is 64.5 Å². The van der Waals surface area contributed by atoms with E-state index in [1.807, 2.05) is 0 Å². The van der Waals surface area contributed by atoms with E-state index in [1.54, 1.807) is 0 Å². The van der Waals surface area contributed by atoms with Gasteiger partial charge in [-0.05, 0) is 25.7 Å². The molecule has 4 nitrogen and oxygen atoms in total. The first kappa shape index (κ1) is 23.0. The lowest BCUT2D eigenvalue weighted by Crippen LogP contribution is -3.00. The Morgan fingerprint density at radius 3 is 1.21 bits per heavy atom. The summed E-state index contributed by atoms with van der Waals surface area (Å²) in [4.78, 5) is 0. The van der Waals surface area contributed by atoms with Crippen molar-refractivity contribution in [3.8, 4) is 0 Å². The Hall–Kier alpha value is -1.00. The smallest absolute Gasteiger partial charge is 0.243 e. The Labute approximate surface area is 159 Å². The summed E-state index contributed by atoms with van der Waals surface area (Å²) in [6, 6.07) is 0. The minimum atomic E-state index is 0. The number of imidazole rings is 2. The molecule has 0 aromatic carbocycles. The number of aromatic nitrogens is 4. The quantitative estimate of drug-likeness (QED) is 0.290. The van der Waals surface area contributed by atoms with Crippen LogP contribution in [0.1, 0.15) is 51.4 Å². The van der Waals surface area contributed by atoms with E-state index in [-0.39, 0.29) is 24.8 Å². The van der Waals surface area contributed by atoms with Gasteiger partial charge in [0.1, 0.15) is 24.8 Å². The molecule has 138 valence electrons. The molecule has 0 atom stereocenters. The third-order valence-corrected chi connectivity index (χ3v) is 4.23. The van der Waals surface area contributed by atoms with Crippen LogP contribution in [-0.4, -0.2) is 9.13 Å². The molecular weight excluding hydrogens is 343 g/mol. The van der Waals surface area contributed by atoms with Crippen molar-refractivity contribution >= 4 is 0 Å². The van der Waals surface area contributed by atoms with Crippen LogP contribution in [0.15, 0.2) is 37.4 Å². The van der Waals surface area contributed by atoms with Gasteiger partial charge >= 0.3 is 0 Å². The topological polar surface area (TPSA) is 17.6 Å². The first-order chi connectivity index (χ1) is 10.7. The van der Waals surface area contributed by atoms with E-state index in [0.717, 1.165) is 13.1 Å². The molecule has 0 saturated heterocycles. The normalized spacial score (nSPS) is 10.2. The summed E-state index contributed by atoms with van der Waals surface area (Å²) >= 11 is 0. The van der Waals surface area contributed by atoms with Crippen molar-refractivity contribution in [3.05, 3.63) is 37.4 Å². The molecule has 2 rings (SSSR count). The number of aryl methyl sites for hydroxylation is 4. The fourth-order valence-corrected chi connectivity index (χ4v) is 2.92. The molecule has 0 saturated carbocycles. The Balaban J connectivity index is 0.00000264. The predicted molar refractivity (Wildman–Crippen MR) is 88.2 cm³/mol. The van der Waals surface area contributed by atoms with Crippen LogP contribution >= 0.6 is 0 Å². The molecule has 0 unspecified atom stereocenters. The van der Waals surface area contributed by atoms with Gasteiger partial charge in [-0.1, -0.05) is 25.7 Å². The average Bonchev–Trinajstić information content (AvgIpc) is 3.09. The maximum Gasteiger partial charge on any atom is 0.243 e. The number of halogens is 2. The Bertz CT molecular complexity index is 488. The third-order valence-electron chi connectivity index (χ3n) is 4.23. The second-order valence-corrected chi connectivity index (χ2v) is 6.46. The molecule has 0 aliphatic heterocycles. The molecule has 0 aliphatic rings. The van der Waals surface area contributed by atoms with E-state index < -0.39 is 0 Å². The summed E-state index contributed by atoms with van der Waals surface area (Å²) in [6.45, 7) is 2.32. The zero-order valence-electron chi connectivity index (χ0n) is 15.1. The van der Waals surface area contributed by atoms with Gasteiger partial charge in [0.05, 0.1) is 27.2 Å². The molecule has 2 aromatic rings. The van der Waals surface area contributed by atoms with Crippen molar-refractivity contribution < 1.29 is 33.9 Å². The van der Waals surface area contributed by atoms with Crippen LogP contribution in [0, 0.1) is 0 Å². The van der Waals surface area contributed by atoms with Crippen molar-refractivity contribution in [1.82, 2.24) is 9.13 Å². The van der Waals surface area contributed by atoms with E-state index in [9.17, 15) is 0 Å². The van der Waals surface area contributed by atoms with Crippen LogP contribution in [0.5, 0.6) is 0 Å². The van der Waals surface area contributed by atoms with Crippen molar-refractivity contribution in [2.75, 3.05) is 0 Å². The predicted octanol–water partition coefficient (Wildman–Crippen LogP) is -3.23. The van der Waals surface area contributed by atoms with Gasteiger partial charge in [-0.2, -0.15) is 0 Å². The number of rotatable bonds is 11. The molecule has 0 fully saturated rings. The highest BCUT2D eigenvalue weighted by atomic mass is 35.5. The molecule has 0 radical (unpaired) electrons. The molecular formula is C18H32Cl2N4. The summed E-state index contributed by atoms with van der Waals surface area (Å²) in [6.07, 6.45) is 23.8. The monoisotopic (exact) mass is 374 g/mol. The van der Waals surface area contributed by atoms with Crippen molar-refractivity contribution in [1.29, 1.82) is 0 Å². The maximum absolute atomic E-state index is 2.28. The van der Waals surface area contributed by atoms with Crippen LogP contribution in [0.2, 0.25) is 0 Å². The van der Waals surface area contributed by atoms with E-state index >= 15 is 0 Å². The number of hydrogen-bond acceptors (Lipinski definition) is 0. The maximum atomic E-state index is 2.28. The van der Waals surface area contributed by atoms with E-state index in [2.05, 4.69) is 69.8 Å². The molecule has 0 N–H and O–H groups in total. The van der Waals surface area contributed by atoms with Crippen LogP contribution in [0.25, 0.3) is 0 Å². The average molecular weight is 375 g/mol. The van der Waals surface area contributed by atoms with E-state index in [1.165, 1.54) is 51.4 Å². The summed E-state index contributed by atoms with van der Waals surface area (Å²) in [5.74, 6) is 0. The summed E-state index contributed by atoms with van der Waals surface area (Å²) in [5, 5.41) is 0. The highest BCUT2D eigenvalue weighted by Crippen LogP contribution is 2.09. The lowest BCUT2D eigenvalue weighted by Gasteiger charge is -2.01. The van der Waals surface area contributed by atoms with Crippen LogP contribution in [0.3, 0.4) is 0 Å². The first-order valence-electron chi connectivity index (χ1n) is 8.76. The lowest BCUT2D eigenvalue weighted by atomic mass is 10.1. The lowest BCUT2D eigenvalue weighted by molar-refractivity contribution is -0.671. The SMILES string of the molecule is C[n+]1ccn(CCCCCCCCCCn2cc[n+](C)c2)c1.[Cl-].[Cl-]. The van der Waals surface area contributed by atoms with Gasteiger partial charge in [0.15, 0.2) is 0 Å². The second kappa shape index (κ2) is 13.3. The van der Waals surface area contributed by atoms with Gasteiger partial charge in [0.25, 0.3) is 0 Å². The summed E-state index contributed by atoms with van der Waals surface area (Å²) < 4.78 is 8.77. The van der Waals surface area contributed by atoms with Crippen molar-refractivity contribution in [3.63, 3.8) is 0 Å². The molecule has 24 heavy (non-hydrogen) atoms. The van der Waals surface area contributed by atoms with Gasteiger partial charge in [-0.15, -0.1) is 0 Å². The third kappa shape index (κ3) is 9.33. The minimum Gasteiger partial charge on any atom is -1.00 e. The largest absolute Gasteiger partial charge is 1.00 e. The van der Waals surface area contributed by atoms with Gasteiger partial charge in [0.2, 0.25) is 12.7 Å². The van der Waals surface area contributed by atoms with Gasteiger partial charge in [-0.3, -0.25) is 0 Å². The number of hydrogen-bond donors (Lipinski definition) is 0. The Morgan fingerprint density at radius 2 is 0.917 bits per heavy atom. The second-order valence-electron chi connectivity index (χ2n) is 6.46. The molecule has 0 aliphatic carbocycles. The number of unbranched alkanes of at least 4 members (excludes halogenated alkanes) is 7. The molecule has 6 heteroatoms. The highest BCUT2D eigenvalue weighted by molar-refractivity contribution is 4.66. The Morgan fingerprint density at radius 1 is 0.583 bits per heavy atom. The zero-order chi connectivity index (χ0) is 15.6. The van der Waals surface area contributed by atoms with E-state index in [4.69, 9.17) is 0 Å². The minimum absolute atomic E-state index is 0. The van der Waals surface area contributed by atoms with E-state index in [0.29, 0.717) is 0 Å². The van der Waals surface area contributed by atoms with Crippen LogP contribution in [0.4, 0.5) is 0 Å². The first-order valence-corrected chi connectivity index (χ1v) is 8.76. The fourth-order valence-electron chi connectivity index (χ4n) is 2.92. The van der Waals surface area contributed by atoms with Gasteiger partial charge in [0, 0.05) is 0 Å². The zero-order valence-corrected chi connectivity index (χ0v) is 16.6. The highest BCUT2D eigenvalue weighted by Gasteiger charge is 2.00. The van der Waals surface area contributed by atoms with Crippen LogP contribution < -0.4 is 33.9 Å². The number of nitrogens with zero attached hydrogens (tertiary/aromatic N) is 4. The molecule has 0 spiro atoms. The molecule has 2 heterocycles. The summed E-state index contributed by atoms with van der Waals surface area (Å²) in [7, 11) is 4.15. The molecule has 0 bridgehead atoms. The molecule has 0 amide bonds. The standard InChI is InChI=1S/C18H32N4.2ClH/c1-19-13-15-21(17-19)11-9-7-5-3-4-6-8-10-12-22-16-14-20(2)18-22;;/h13-18H,3-12H2,1-2H3;2*1H/q+2;;/p-2. The summed E-state index contributed by atoms with van der Waals surface area (Å²) in [5.41, 5.74) is 0. The molecule has 2 aromatic heterocycles.